The van der Waals surface area contributed by atoms with Crippen molar-refractivity contribution in [1.29, 1.82) is 0 Å². The number of furan rings is 2. The van der Waals surface area contributed by atoms with Crippen LogP contribution in [0.2, 0.25) is 0 Å². The maximum atomic E-state index is 8.66. The van der Waals surface area contributed by atoms with Crippen molar-refractivity contribution in [3.05, 3.63) is 164 Å². The van der Waals surface area contributed by atoms with Gasteiger partial charge >= 0.3 is 0 Å². The van der Waals surface area contributed by atoms with Crippen LogP contribution in [0.15, 0.2) is 173 Å². The van der Waals surface area contributed by atoms with Crippen LogP contribution in [0.3, 0.4) is 0 Å². The average molecular weight is 647 g/mol. The number of aromatic nitrogens is 3. The summed E-state index contributed by atoms with van der Waals surface area (Å²) in [5.41, 5.74) is 8.05. The predicted molar refractivity (Wildman–Crippen MR) is 202 cm³/mol. The van der Waals surface area contributed by atoms with Gasteiger partial charge in [-0.3, -0.25) is 0 Å². The molecule has 0 saturated carbocycles. The summed E-state index contributed by atoms with van der Waals surface area (Å²) in [4.78, 5) is 14.2. The van der Waals surface area contributed by atoms with Crippen LogP contribution >= 0.6 is 0 Å². The molecule has 0 N–H and O–H groups in total. The number of para-hydroxylation sites is 2. The van der Waals surface area contributed by atoms with Gasteiger partial charge in [0.15, 0.2) is 17.5 Å². The maximum Gasteiger partial charge on any atom is 0.167 e. The van der Waals surface area contributed by atoms with Crippen molar-refractivity contribution >= 4 is 43.9 Å². The summed E-state index contributed by atoms with van der Waals surface area (Å²) in [6, 6.07) is 41.6. The van der Waals surface area contributed by atoms with E-state index < -0.39 is 30.2 Å². The Morgan fingerprint density at radius 2 is 1.02 bits per heavy atom. The SMILES string of the molecule is [2H]c1c([2H])c([2H])c(-c2nc(-c3ccccc3)nc(-c3cccc4c3oc3cc(-c5cc(-c6ccccc6)c6oc7ccccc7c6c5)ccc34)n2)c([2H])c1[2H]. The van der Waals surface area contributed by atoms with E-state index in [1.807, 2.05) is 91.0 Å². The summed E-state index contributed by atoms with van der Waals surface area (Å²) in [7, 11) is 0. The number of rotatable bonds is 5. The van der Waals surface area contributed by atoms with E-state index in [2.05, 4.69) is 47.4 Å². The normalized spacial score (nSPS) is 13.0. The van der Waals surface area contributed by atoms with Gasteiger partial charge in [-0.25, -0.2) is 15.0 Å². The second kappa shape index (κ2) is 11.4. The number of hydrogen-bond acceptors (Lipinski definition) is 5. The summed E-state index contributed by atoms with van der Waals surface area (Å²) >= 11 is 0. The van der Waals surface area contributed by atoms with Gasteiger partial charge in [0.25, 0.3) is 0 Å². The first-order valence-electron chi connectivity index (χ1n) is 18.7. The lowest BCUT2D eigenvalue weighted by Gasteiger charge is -2.08. The van der Waals surface area contributed by atoms with E-state index in [9.17, 15) is 0 Å². The smallest absolute Gasteiger partial charge is 0.167 e. The largest absolute Gasteiger partial charge is 0.455 e. The number of fused-ring (bicyclic) bond motifs is 6. The first kappa shape index (κ1) is 23.5. The summed E-state index contributed by atoms with van der Waals surface area (Å²) < 4.78 is 55.1. The Bertz CT molecular complexity index is 3130. The average Bonchev–Trinajstić information content (AvgIpc) is 3.80. The highest BCUT2D eigenvalue weighted by molar-refractivity contribution is 6.13. The maximum absolute atomic E-state index is 8.66. The second-order valence-corrected chi connectivity index (χ2v) is 12.0. The molecular weight excluding hydrogens is 615 g/mol. The Balaban J connectivity index is 1.17. The first-order chi connectivity index (χ1) is 26.8. The molecule has 0 amide bonds. The van der Waals surface area contributed by atoms with Crippen molar-refractivity contribution in [3.8, 4) is 56.4 Å². The van der Waals surface area contributed by atoms with Crippen LogP contribution < -0.4 is 0 Å². The molecular formula is C45H27N3O2. The molecule has 0 aliphatic carbocycles. The molecule has 5 nitrogen and oxygen atoms in total. The van der Waals surface area contributed by atoms with E-state index in [4.69, 9.17) is 25.7 Å². The van der Waals surface area contributed by atoms with Crippen molar-refractivity contribution in [2.45, 2.75) is 0 Å². The van der Waals surface area contributed by atoms with Crippen LogP contribution in [0.5, 0.6) is 0 Å². The molecule has 0 radical (unpaired) electrons. The molecule has 0 atom stereocenters. The van der Waals surface area contributed by atoms with Crippen LogP contribution in [-0.2, 0) is 0 Å². The third-order valence-corrected chi connectivity index (χ3v) is 9.03. The topological polar surface area (TPSA) is 65.0 Å². The number of benzene rings is 7. The quantitative estimate of drug-likeness (QED) is 0.186. The Labute approximate surface area is 294 Å². The van der Waals surface area contributed by atoms with Crippen molar-refractivity contribution in [2.24, 2.45) is 0 Å². The molecule has 0 aliphatic heterocycles. The van der Waals surface area contributed by atoms with Gasteiger partial charge in [-0.2, -0.15) is 0 Å². The summed E-state index contributed by atoms with van der Waals surface area (Å²) in [5, 5.41) is 3.83. The Morgan fingerprint density at radius 3 is 1.84 bits per heavy atom. The van der Waals surface area contributed by atoms with Crippen LogP contribution in [0.1, 0.15) is 6.85 Å². The molecule has 0 bridgehead atoms. The lowest BCUT2D eigenvalue weighted by atomic mass is 9.95. The highest BCUT2D eigenvalue weighted by atomic mass is 16.3. The van der Waals surface area contributed by atoms with E-state index in [1.165, 1.54) is 0 Å². The molecule has 3 heterocycles. The molecule has 0 aliphatic rings. The molecule has 5 heteroatoms. The zero-order chi connectivity index (χ0) is 37.4. The van der Waals surface area contributed by atoms with Crippen molar-refractivity contribution in [3.63, 3.8) is 0 Å². The van der Waals surface area contributed by atoms with Crippen molar-refractivity contribution < 1.29 is 15.7 Å². The summed E-state index contributed by atoms with van der Waals surface area (Å²) in [6.07, 6.45) is 0. The van der Waals surface area contributed by atoms with Crippen molar-refractivity contribution in [1.82, 2.24) is 15.0 Å². The standard InChI is InChI=1S/C45H27N3O2/c1-4-13-28(14-5-1)37-25-32(26-38-33-19-10-11-22-39(33)49-42(37)38)31-23-24-34-35-20-12-21-36(41(35)50-40(34)27-31)45-47-43(29-15-6-2-7-16-29)46-44(48-45)30-17-8-3-9-18-30/h1-27H/i2D,6D,7D,15D,16D. The van der Waals surface area contributed by atoms with Gasteiger partial charge in [0, 0.05) is 38.2 Å². The fourth-order valence-corrected chi connectivity index (χ4v) is 6.67. The molecule has 0 unspecified atom stereocenters. The molecule has 7 aromatic carbocycles. The Kier molecular flexibility index (Phi) is 5.35. The Hall–Kier alpha value is -6.85. The van der Waals surface area contributed by atoms with E-state index >= 15 is 0 Å². The third kappa shape index (κ3) is 4.67. The Morgan fingerprint density at radius 1 is 0.380 bits per heavy atom. The first-order valence-corrected chi connectivity index (χ1v) is 16.2. The third-order valence-electron chi connectivity index (χ3n) is 9.03. The predicted octanol–water partition coefficient (Wildman–Crippen LogP) is 12.0. The molecule has 10 rings (SSSR count). The van der Waals surface area contributed by atoms with Crippen LogP contribution in [0.25, 0.3) is 100 Å². The zero-order valence-corrected chi connectivity index (χ0v) is 26.4. The van der Waals surface area contributed by atoms with E-state index in [0.29, 0.717) is 28.1 Å². The fourth-order valence-electron chi connectivity index (χ4n) is 6.67. The van der Waals surface area contributed by atoms with E-state index in [-0.39, 0.29) is 17.2 Å². The molecule has 3 aromatic heterocycles. The molecule has 50 heavy (non-hydrogen) atoms. The van der Waals surface area contributed by atoms with Gasteiger partial charge in [-0.05, 0) is 53.1 Å². The van der Waals surface area contributed by atoms with E-state index in [1.54, 1.807) is 0 Å². The minimum absolute atomic E-state index is 0.0346. The lowest BCUT2D eigenvalue weighted by Crippen LogP contribution is -2.00. The van der Waals surface area contributed by atoms with Crippen LogP contribution in [-0.4, -0.2) is 15.0 Å². The zero-order valence-electron chi connectivity index (χ0n) is 31.4. The van der Waals surface area contributed by atoms with Gasteiger partial charge in [0.2, 0.25) is 0 Å². The summed E-state index contributed by atoms with van der Waals surface area (Å²) in [6.45, 7) is 0. The fraction of sp³-hybridized carbons (Fsp3) is 0. The van der Waals surface area contributed by atoms with Crippen LogP contribution in [0, 0.1) is 0 Å². The molecule has 0 spiro atoms. The molecule has 234 valence electrons. The van der Waals surface area contributed by atoms with Crippen LogP contribution in [0.4, 0.5) is 0 Å². The molecule has 0 fully saturated rings. The van der Waals surface area contributed by atoms with Gasteiger partial charge < -0.3 is 8.83 Å². The minimum Gasteiger partial charge on any atom is -0.455 e. The number of nitrogens with zero attached hydrogens (tertiary/aromatic N) is 3. The van der Waals surface area contributed by atoms with Gasteiger partial charge in [-0.1, -0.05) is 127 Å². The molecule has 0 saturated heterocycles. The second-order valence-electron chi connectivity index (χ2n) is 12.0. The van der Waals surface area contributed by atoms with Gasteiger partial charge in [0.05, 0.1) is 12.4 Å². The summed E-state index contributed by atoms with van der Waals surface area (Å²) in [5.74, 6) is 0.497. The minimum atomic E-state index is -0.489. The highest BCUT2D eigenvalue weighted by Crippen LogP contribution is 2.41. The molecule has 10 aromatic rings. The van der Waals surface area contributed by atoms with Gasteiger partial charge in [-0.15, -0.1) is 0 Å². The van der Waals surface area contributed by atoms with Crippen molar-refractivity contribution in [2.75, 3.05) is 0 Å². The number of hydrogen-bond donors (Lipinski definition) is 0. The monoisotopic (exact) mass is 646 g/mol. The van der Waals surface area contributed by atoms with E-state index in [0.717, 1.165) is 55.0 Å². The lowest BCUT2D eigenvalue weighted by molar-refractivity contribution is 0.669. The van der Waals surface area contributed by atoms with Gasteiger partial charge in [0.1, 0.15) is 22.3 Å². The highest BCUT2D eigenvalue weighted by Gasteiger charge is 2.19.